The van der Waals surface area contributed by atoms with E-state index in [1.54, 1.807) is 0 Å². The number of nitrogens with zero attached hydrogens (tertiary/aromatic N) is 3. The Labute approximate surface area is 68.3 Å². The van der Waals surface area contributed by atoms with Gasteiger partial charge < -0.3 is 5.73 Å². The summed E-state index contributed by atoms with van der Waals surface area (Å²) in [5, 5.41) is 3.32. The number of primary amides is 1. The normalized spacial score (nSPS) is 11.4. The van der Waals surface area contributed by atoms with E-state index < -0.39 is 15.9 Å². The van der Waals surface area contributed by atoms with E-state index in [1.807, 2.05) is 0 Å². The molecule has 1 aromatic heterocycles. The molecule has 7 nitrogen and oxygen atoms in total. The summed E-state index contributed by atoms with van der Waals surface area (Å²) < 4.78 is 22.1. The fourth-order valence-corrected chi connectivity index (χ4v) is 0.966. The highest BCUT2D eigenvalue weighted by atomic mass is 32.2. The van der Waals surface area contributed by atoms with Crippen LogP contribution >= 0.6 is 0 Å². The first-order chi connectivity index (χ1) is 5.41. The van der Waals surface area contributed by atoms with Gasteiger partial charge in [-0.15, -0.1) is 9.19 Å². The van der Waals surface area contributed by atoms with Crippen molar-refractivity contribution in [3.63, 3.8) is 0 Å². The number of amides is 1. The number of hydrogen-bond donors (Lipinski definition) is 1. The largest absolute Gasteiger partial charge is 0.363 e. The van der Waals surface area contributed by atoms with Gasteiger partial charge in [-0.05, 0) is 0 Å². The van der Waals surface area contributed by atoms with Crippen molar-refractivity contribution in [2.24, 2.45) is 5.73 Å². The second kappa shape index (κ2) is 2.55. The first-order valence-corrected chi connectivity index (χ1v) is 4.68. The molecule has 12 heavy (non-hydrogen) atoms. The van der Waals surface area contributed by atoms with Crippen LogP contribution < -0.4 is 5.73 Å². The maximum atomic E-state index is 10.8. The summed E-state index contributed by atoms with van der Waals surface area (Å²) in [5.41, 5.74) is 4.80. The standard InChI is InChI=1S/C4H6N4O3S/c1-12(10,11)8-2-6-4(7-8)3(5)9/h2H,1H3,(H2,5,9). The number of rotatable bonds is 2. The SMILES string of the molecule is CS(=O)(=O)n1cnc(C(N)=O)n1. The van der Waals surface area contributed by atoms with Crippen LogP contribution in [0, 0.1) is 0 Å². The first kappa shape index (κ1) is 8.65. The van der Waals surface area contributed by atoms with Crippen molar-refractivity contribution in [1.29, 1.82) is 0 Å². The minimum Gasteiger partial charge on any atom is -0.363 e. The molecule has 1 amide bonds. The van der Waals surface area contributed by atoms with Crippen molar-refractivity contribution < 1.29 is 13.2 Å². The second-order valence-corrected chi connectivity index (χ2v) is 3.91. The van der Waals surface area contributed by atoms with Crippen molar-refractivity contribution in [3.05, 3.63) is 12.2 Å². The van der Waals surface area contributed by atoms with Crippen molar-refractivity contribution in [1.82, 2.24) is 14.2 Å². The number of nitrogens with two attached hydrogens (primary N) is 1. The summed E-state index contributed by atoms with van der Waals surface area (Å²) in [6, 6.07) is 0. The molecular formula is C4H6N4O3S. The van der Waals surface area contributed by atoms with Crippen LogP contribution in [0.3, 0.4) is 0 Å². The predicted molar refractivity (Wildman–Crippen MR) is 38.8 cm³/mol. The molecule has 0 aliphatic rings. The lowest BCUT2D eigenvalue weighted by Gasteiger charge is -1.91. The van der Waals surface area contributed by atoms with E-state index in [0.29, 0.717) is 4.09 Å². The quantitative estimate of drug-likeness (QED) is 0.591. The molecule has 0 bridgehead atoms. The van der Waals surface area contributed by atoms with Crippen LogP contribution in [-0.4, -0.2) is 34.8 Å². The van der Waals surface area contributed by atoms with E-state index in [-0.39, 0.29) is 5.82 Å². The Morgan fingerprint density at radius 1 is 1.67 bits per heavy atom. The molecule has 8 heteroatoms. The topological polar surface area (TPSA) is 108 Å². The second-order valence-electron chi connectivity index (χ2n) is 2.07. The van der Waals surface area contributed by atoms with Crippen LogP contribution in [0.4, 0.5) is 0 Å². The van der Waals surface area contributed by atoms with Gasteiger partial charge in [0.05, 0.1) is 6.26 Å². The van der Waals surface area contributed by atoms with Gasteiger partial charge in [0.2, 0.25) is 5.82 Å². The average Bonchev–Trinajstić information content (AvgIpc) is 2.30. The lowest BCUT2D eigenvalue weighted by molar-refractivity contribution is 0.0991. The highest BCUT2D eigenvalue weighted by molar-refractivity contribution is 7.89. The number of aromatic nitrogens is 3. The van der Waals surface area contributed by atoms with Gasteiger partial charge in [0.1, 0.15) is 6.33 Å². The van der Waals surface area contributed by atoms with Crippen LogP contribution in [0.1, 0.15) is 10.6 Å². The Morgan fingerprint density at radius 2 is 2.25 bits per heavy atom. The summed E-state index contributed by atoms with van der Waals surface area (Å²) in [6.07, 6.45) is 1.85. The van der Waals surface area contributed by atoms with Crippen LogP contribution in [0.2, 0.25) is 0 Å². The zero-order valence-electron chi connectivity index (χ0n) is 6.13. The minimum atomic E-state index is -3.48. The van der Waals surface area contributed by atoms with Crippen LogP contribution in [-0.2, 0) is 10.0 Å². The summed E-state index contributed by atoms with van der Waals surface area (Å²) in [5.74, 6) is -1.18. The molecule has 1 rings (SSSR count). The molecule has 0 radical (unpaired) electrons. The van der Waals surface area contributed by atoms with E-state index in [4.69, 9.17) is 5.73 Å². The van der Waals surface area contributed by atoms with Gasteiger partial charge in [-0.1, -0.05) is 0 Å². The van der Waals surface area contributed by atoms with E-state index in [1.165, 1.54) is 0 Å². The molecule has 0 unspecified atom stereocenters. The molecule has 1 aromatic rings. The summed E-state index contributed by atoms with van der Waals surface area (Å²) in [4.78, 5) is 13.8. The smallest absolute Gasteiger partial charge is 0.288 e. The molecule has 66 valence electrons. The molecule has 2 N–H and O–H groups in total. The molecule has 0 saturated heterocycles. The van der Waals surface area contributed by atoms with Gasteiger partial charge in [0.15, 0.2) is 0 Å². The lowest BCUT2D eigenvalue weighted by atomic mass is 10.6. The highest BCUT2D eigenvalue weighted by Crippen LogP contribution is 1.91. The monoisotopic (exact) mass is 190 g/mol. The molecule has 1 heterocycles. The average molecular weight is 190 g/mol. The van der Waals surface area contributed by atoms with Crippen molar-refractivity contribution in [2.75, 3.05) is 6.26 Å². The van der Waals surface area contributed by atoms with E-state index in [0.717, 1.165) is 12.6 Å². The minimum absolute atomic E-state index is 0.319. The first-order valence-electron chi connectivity index (χ1n) is 2.83. The molecule has 0 aliphatic carbocycles. The third-order valence-corrected chi connectivity index (χ3v) is 1.89. The number of hydrogen-bond acceptors (Lipinski definition) is 5. The Bertz CT molecular complexity index is 406. The van der Waals surface area contributed by atoms with E-state index in [2.05, 4.69) is 10.1 Å². The van der Waals surface area contributed by atoms with Gasteiger partial charge in [0.25, 0.3) is 15.9 Å². The van der Waals surface area contributed by atoms with E-state index >= 15 is 0 Å². The van der Waals surface area contributed by atoms with E-state index in [9.17, 15) is 13.2 Å². The zero-order chi connectivity index (χ0) is 9.35. The van der Waals surface area contributed by atoms with Crippen molar-refractivity contribution in [3.8, 4) is 0 Å². The van der Waals surface area contributed by atoms with Crippen LogP contribution in [0.15, 0.2) is 6.33 Å². The Morgan fingerprint density at radius 3 is 2.50 bits per heavy atom. The fraction of sp³-hybridized carbons (Fsp3) is 0.250. The third kappa shape index (κ3) is 1.59. The fourth-order valence-electron chi connectivity index (χ4n) is 0.522. The molecular weight excluding hydrogens is 184 g/mol. The van der Waals surface area contributed by atoms with Gasteiger partial charge >= 0.3 is 0 Å². The Kier molecular flexibility index (Phi) is 1.84. The molecule has 0 aliphatic heterocycles. The lowest BCUT2D eigenvalue weighted by Crippen LogP contribution is -2.15. The molecule has 0 saturated carbocycles. The molecule has 0 fully saturated rings. The highest BCUT2D eigenvalue weighted by Gasteiger charge is 2.11. The summed E-state index contributed by atoms with van der Waals surface area (Å²) >= 11 is 0. The number of carbonyl (C=O) groups is 1. The summed E-state index contributed by atoms with van der Waals surface area (Å²) in [7, 11) is -3.48. The zero-order valence-corrected chi connectivity index (χ0v) is 6.95. The Hall–Kier alpha value is -1.44. The summed E-state index contributed by atoms with van der Waals surface area (Å²) in [6.45, 7) is 0. The van der Waals surface area contributed by atoms with Gasteiger partial charge in [-0.25, -0.2) is 13.4 Å². The maximum Gasteiger partial charge on any atom is 0.288 e. The molecule has 0 aromatic carbocycles. The van der Waals surface area contributed by atoms with Crippen molar-refractivity contribution in [2.45, 2.75) is 0 Å². The van der Waals surface area contributed by atoms with Crippen LogP contribution in [0.5, 0.6) is 0 Å². The molecule has 0 spiro atoms. The van der Waals surface area contributed by atoms with Gasteiger partial charge in [0, 0.05) is 0 Å². The third-order valence-electron chi connectivity index (χ3n) is 1.03. The predicted octanol–water partition coefficient (Wildman–Crippen LogP) is -1.82. The molecule has 0 atom stereocenters. The Balaban J connectivity index is 3.17. The van der Waals surface area contributed by atoms with Gasteiger partial charge in [-0.3, -0.25) is 4.79 Å². The maximum absolute atomic E-state index is 10.8. The van der Waals surface area contributed by atoms with Gasteiger partial charge in [-0.2, -0.15) is 0 Å². The number of carbonyl (C=O) groups excluding carboxylic acids is 1. The van der Waals surface area contributed by atoms with Crippen molar-refractivity contribution >= 4 is 15.9 Å². The van der Waals surface area contributed by atoms with Crippen LogP contribution in [0.25, 0.3) is 0 Å².